The van der Waals surface area contributed by atoms with Crippen molar-refractivity contribution in [2.24, 2.45) is 10.7 Å². The largest absolute Gasteiger partial charge is 0.493 e. The number of aromatic nitrogens is 1. The van der Waals surface area contributed by atoms with Gasteiger partial charge in [-0.15, -0.1) is 35.3 Å². The molecule has 0 amide bonds. The third kappa shape index (κ3) is 4.78. The molecule has 1 aliphatic rings. The summed E-state index contributed by atoms with van der Waals surface area (Å²) in [6.07, 6.45) is 0.863. The maximum absolute atomic E-state index is 6.10. The molecule has 27 heavy (non-hydrogen) atoms. The van der Waals surface area contributed by atoms with Crippen LogP contribution in [0.25, 0.3) is 10.6 Å². The standard InChI is InChI=1S/C20H20N4OS.HI/c21-20(24-17-10-11-25-18-9-5-4-8-16(17)18)22-12-15-13-26-19(23-15)14-6-2-1-3-7-14;/h1-9,13,17H,10-12H2,(H3,21,22,24);1H. The first-order chi connectivity index (χ1) is 12.8. The van der Waals surface area contributed by atoms with Crippen LogP contribution in [0, 0.1) is 0 Å². The molecule has 4 rings (SSSR count). The molecule has 1 aliphatic heterocycles. The fourth-order valence-electron chi connectivity index (χ4n) is 2.98. The number of benzene rings is 2. The Morgan fingerprint density at radius 1 is 1.19 bits per heavy atom. The summed E-state index contributed by atoms with van der Waals surface area (Å²) in [5, 5.41) is 6.34. The molecule has 0 fully saturated rings. The second-order valence-electron chi connectivity index (χ2n) is 6.08. The molecule has 0 saturated heterocycles. The third-order valence-corrected chi connectivity index (χ3v) is 5.20. The van der Waals surface area contributed by atoms with Crippen molar-refractivity contribution in [1.29, 1.82) is 0 Å². The Balaban J connectivity index is 0.00000210. The van der Waals surface area contributed by atoms with Crippen LogP contribution in [0.4, 0.5) is 0 Å². The summed E-state index contributed by atoms with van der Waals surface area (Å²) < 4.78 is 5.68. The van der Waals surface area contributed by atoms with Crippen LogP contribution >= 0.6 is 35.3 Å². The minimum absolute atomic E-state index is 0. The fraction of sp³-hybridized carbons (Fsp3) is 0.200. The summed E-state index contributed by atoms with van der Waals surface area (Å²) in [5.41, 5.74) is 9.27. The molecule has 5 nitrogen and oxygen atoms in total. The molecule has 0 bridgehead atoms. The van der Waals surface area contributed by atoms with Crippen molar-refractivity contribution in [3.05, 3.63) is 71.2 Å². The molecule has 1 aromatic heterocycles. The van der Waals surface area contributed by atoms with Gasteiger partial charge in [-0.1, -0.05) is 48.5 Å². The first-order valence-corrected chi connectivity index (χ1v) is 9.45. The molecular formula is C20H21IN4OS. The highest BCUT2D eigenvalue weighted by atomic mass is 127. The molecule has 140 valence electrons. The van der Waals surface area contributed by atoms with Crippen molar-refractivity contribution in [2.75, 3.05) is 6.61 Å². The van der Waals surface area contributed by atoms with E-state index in [0.29, 0.717) is 19.1 Å². The summed E-state index contributed by atoms with van der Waals surface area (Å²) in [7, 11) is 0. The van der Waals surface area contributed by atoms with Crippen LogP contribution in [0.2, 0.25) is 0 Å². The zero-order valence-corrected chi connectivity index (χ0v) is 17.8. The summed E-state index contributed by atoms with van der Waals surface area (Å²) in [6.45, 7) is 1.14. The smallest absolute Gasteiger partial charge is 0.189 e. The molecule has 3 aromatic rings. The van der Waals surface area contributed by atoms with E-state index in [-0.39, 0.29) is 30.0 Å². The zero-order chi connectivity index (χ0) is 17.8. The lowest BCUT2D eigenvalue weighted by Crippen LogP contribution is -2.37. The van der Waals surface area contributed by atoms with E-state index in [2.05, 4.69) is 33.5 Å². The van der Waals surface area contributed by atoms with Crippen molar-refractivity contribution in [3.63, 3.8) is 0 Å². The molecule has 7 heteroatoms. The molecule has 1 atom stereocenters. The maximum Gasteiger partial charge on any atom is 0.189 e. The van der Waals surface area contributed by atoms with Gasteiger partial charge in [-0.05, 0) is 6.07 Å². The fourth-order valence-corrected chi connectivity index (χ4v) is 3.79. The van der Waals surface area contributed by atoms with Gasteiger partial charge in [-0.3, -0.25) is 0 Å². The number of thiazole rings is 1. The number of rotatable bonds is 4. The van der Waals surface area contributed by atoms with Gasteiger partial charge in [0.2, 0.25) is 0 Å². The number of hydrogen-bond acceptors (Lipinski definition) is 4. The number of para-hydroxylation sites is 1. The molecule has 1 unspecified atom stereocenters. The predicted octanol–water partition coefficient (Wildman–Crippen LogP) is 4.36. The van der Waals surface area contributed by atoms with Crippen LogP contribution in [-0.4, -0.2) is 17.6 Å². The lowest BCUT2D eigenvalue weighted by molar-refractivity contribution is 0.262. The average Bonchev–Trinajstić information content (AvgIpc) is 3.17. The van der Waals surface area contributed by atoms with Crippen LogP contribution < -0.4 is 15.8 Å². The van der Waals surface area contributed by atoms with Crippen LogP contribution in [0.5, 0.6) is 5.75 Å². The molecule has 0 aliphatic carbocycles. The van der Waals surface area contributed by atoms with E-state index in [0.717, 1.165) is 34.0 Å². The van der Waals surface area contributed by atoms with Gasteiger partial charge in [0.05, 0.1) is 24.9 Å². The Hall–Kier alpha value is -2.13. The van der Waals surface area contributed by atoms with E-state index in [1.54, 1.807) is 11.3 Å². The monoisotopic (exact) mass is 492 g/mol. The first-order valence-electron chi connectivity index (χ1n) is 8.57. The highest BCUT2D eigenvalue weighted by Crippen LogP contribution is 2.31. The Bertz CT molecular complexity index is 913. The van der Waals surface area contributed by atoms with Gasteiger partial charge in [0.1, 0.15) is 10.8 Å². The normalized spacial score (nSPS) is 16.0. The number of nitrogens with one attached hydrogen (secondary N) is 1. The number of halogens is 1. The Kier molecular flexibility index (Phi) is 6.68. The lowest BCUT2D eigenvalue weighted by Gasteiger charge is -2.26. The number of hydrogen-bond donors (Lipinski definition) is 2. The van der Waals surface area contributed by atoms with Crippen molar-refractivity contribution in [2.45, 2.75) is 19.0 Å². The number of aliphatic imine (C=N–C) groups is 1. The SMILES string of the molecule is I.NC(=NCc1csc(-c2ccccc2)n1)NC1CCOc2ccccc21. The summed E-state index contributed by atoms with van der Waals surface area (Å²) in [6, 6.07) is 18.3. The molecule has 2 aromatic carbocycles. The van der Waals surface area contributed by atoms with Gasteiger partial charge < -0.3 is 15.8 Å². The Morgan fingerprint density at radius 2 is 1.96 bits per heavy atom. The predicted molar refractivity (Wildman–Crippen MR) is 121 cm³/mol. The van der Waals surface area contributed by atoms with Gasteiger partial charge in [0.25, 0.3) is 0 Å². The van der Waals surface area contributed by atoms with Crippen LogP contribution in [0.3, 0.4) is 0 Å². The van der Waals surface area contributed by atoms with Gasteiger partial charge in [0, 0.05) is 22.9 Å². The first kappa shape index (κ1) is 19.6. The number of nitrogens with two attached hydrogens (primary N) is 1. The Labute approximate surface area is 179 Å². The molecule has 0 spiro atoms. The van der Waals surface area contributed by atoms with Gasteiger partial charge in [-0.2, -0.15) is 0 Å². The minimum Gasteiger partial charge on any atom is -0.493 e. The van der Waals surface area contributed by atoms with Gasteiger partial charge in [0.15, 0.2) is 5.96 Å². The van der Waals surface area contributed by atoms with Crippen molar-refractivity contribution in [1.82, 2.24) is 10.3 Å². The van der Waals surface area contributed by atoms with Crippen LogP contribution in [0.15, 0.2) is 65.0 Å². The molecule has 0 radical (unpaired) electrons. The number of nitrogens with zero attached hydrogens (tertiary/aromatic N) is 2. The zero-order valence-electron chi connectivity index (χ0n) is 14.7. The number of ether oxygens (including phenoxy) is 1. The Morgan fingerprint density at radius 3 is 2.81 bits per heavy atom. The number of fused-ring (bicyclic) bond motifs is 1. The van der Waals surface area contributed by atoms with Gasteiger partial charge in [-0.25, -0.2) is 9.98 Å². The van der Waals surface area contributed by atoms with Gasteiger partial charge >= 0.3 is 0 Å². The minimum atomic E-state index is 0. The summed E-state index contributed by atoms with van der Waals surface area (Å²) in [5.74, 6) is 1.34. The second kappa shape index (κ2) is 9.18. The van der Waals surface area contributed by atoms with E-state index in [9.17, 15) is 0 Å². The highest BCUT2D eigenvalue weighted by Gasteiger charge is 2.21. The second-order valence-corrected chi connectivity index (χ2v) is 6.94. The number of guanidine groups is 1. The van der Waals surface area contributed by atoms with E-state index >= 15 is 0 Å². The molecular weight excluding hydrogens is 471 g/mol. The third-order valence-electron chi connectivity index (χ3n) is 4.26. The quantitative estimate of drug-likeness (QED) is 0.323. The maximum atomic E-state index is 6.10. The highest BCUT2D eigenvalue weighted by molar-refractivity contribution is 14.0. The average molecular weight is 492 g/mol. The molecule has 3 N–H and O–H groups in total. The summed E-state index contributed by atoms with van der Waals surface area (Å²) >= 11 is 1.62. The van der Waals surface area contributed by atoms with Crippen LogP contribution in [0.1, 0.15) is 23.7 Å². The van der Waals surface area contributed by atoms with Crippen molar-refractivity contribution >= 4 is 41.3 Å². The topological polar surface area (TPSA) is 72.5 Å². The van der Waals surface area contributed by atoms with E-state index < -0.39 is 0 Å². The van der Waals surface area contributed by atoms with Crippen molar-refractivity contribution in [3.8, 4) is 16.3 Å². The van der Waals surface area contributed by atoms with Crippen molar-refractivity contribution < 1.29 is 4.74 Å². The van der Waals surface area contributed by atoms with E-state index in [1.807, 2.05) is 41.8 Å². The lowest BCUT2D eigenvalue weighted by atomic mass is 10.0. The van der Waals surface area contributed by atoms with E-state index in [4.69, 9.17) is 10.5 Å². The summed E-state index contributed by atoms with van der Waals surface area (Å²) in [4.78, 5) is 9.10. The van der Waals surface area contributed by atoms with Crippen LogP contribution in [-0.2, 0) is 6.54 Å². The molecule has 0 saturated carbocycles. The molecule has 2 heterocycles. The van der Waals surface area contributed by atoms with E-state index in [1.165, 1.54) is 0 Å².